The molecule has 21 heavy (non-hydrogen) atoms. The highest BCUT2D eigenvalue weighted by molar-refractivity contribution is 9.10. The summed E-state index contributed by atoms with van der Waals surface area (Å²) in [7, 11) is 2.01. The van der Waals surface area contributed by atoms with Crippen LogP contribution in [0.25, 0.3) is 0 Å². The molecule has 1 unspecified atom stereocenters. The Labute approximate surface area is 135 Å². The fraction of sp³-hybridized carbons (Fsp3) is 0.500. The van der Waals surface area contributed by atoms with Gasteiger partial charge in [-0.2, -0.15) is 5.10 Å². The van der Waals surface area contributed by atoms with E-state index in [0.29, 0.717) is 0 Å². The van der Waals surface area contributed by atoms with Gasteiger partial charge in [0.1, 0.15) is 0 Å². The number of nitrogens with zero attached hydrogens (tertiary/aromatic N) is 3. The van der Waals surface area contributed by atoms with Crippen LogP contribution in [0, 0.1) is 6.92 Å². The fourth-order valence-electron chi connectivity index (χ4n) is 2.56. The van der Waals surface area contributed by atoms with Crippen LogP contribution in [0.2, 0.25) is 0 Å². The number of hydrogen-bond donors (Lipinski definition) is 1. The number of pyridine rings is 1. The van der Waals surface area contributed by atoms with Crippen molar-refractivity contribution in [2.45, 2.75) is 39.7 Å². The molecule has 4 nitrogen and oxygen atoms in total. The van der Waals surface area contributed by atoms with Gasteiger partial charge in [-0.05, 0) is 46.9 Å². The molecule has 1 atom stereocenters. The van der Waals surface area contributed by atoms with Crippen LogP contribution in [0.15, 0.2) is 22.9 Å². The van der Waals surface area contributed by atoms with Crippen molar-refractivity contribution < 1.29 is 0 Å². The number of nitrogens with one attached hydrogen (secondary N) is 1. The first kappa shape index (κ1) is 16.2. The standard InChI is InChI=1S/C16H23BrN4/c1-5-13-16(17)15(21(4)20-13)8-14(19-6-2)12-7-11(3)9-18-10-12/h7,9-10,14,19H,5-6,8H2,1-4H3. The lowest BCUT2D eigenvalue weighted by molar-refractivity contribution is 0.526. The van der Waals surface area contributed by atoms with E-state index >= 15 is 0 Å². The molecule has 114 valence electrons. The predicted molar refractivity (Wildman–Crippen MR) is 89.4 cm³/mol. The molecule has 0 aromatic carbocycles. The molecule has 0 amide bonds. The van der Waals surface area contributed by atoms with Crippen molar-refractivity contribution in [2.24, 2.45) is 7.05 Å². The maximum absolute atomic E-state index is 4.58. The molecule has 2 heterocycles. The first-order valence-electron chi connectivity index (χ1n) is 7.41. The van der Waals surface area contributed by atoms with E-state index in [1.54, 1.807) is 0 Å². The number of aromatic nitrogens is 3. The third-order valence-electron chi connectivity index (χ3n) is 3.65. The van der Waals surface area contributed by atoms with Gasteiger partial charge in [-0.15, -0.1) is 0 Å². The van der Waals surface area contributed by atoms with E-state index in [4.69, 9.17) is 0 Å². The van der Waals surface area contributed by atoms with E-state index in [-0.39, 0.29) is 6.04 Å². The summed E-state index contributed by atoms with van der Waals surface area (Å²) in [5, 5.41) is 8.13. The van der Waals surface area contributed by atoms with Crippen LogP contribution in [-0.4, -0.2) is 21.3 Å². The molecule has 0 aliphatic carbocycles. The second kappa shape index (κ2) is 7.18. The third-order valence-corrected chi connectivity index (χ3v) is 4.56. The summed E-state index contributed by atoms with van der Waals surface area (Å²) in [4.78, 5) is 4.32. The molecular formula is C16H23BrN4. The summed E-state index contributed by atoms with van der Waals surface area (Å²) in [6.07, 6.45) is 5.67. The highest BCUT2D eigenvalue weighted by Crippen LogP contribution is 2.26. The first-order chi connectivity index (χ1) is 10.1. The van der Waals surface area contributed by atoms with Gasteiger partial charge in [-0.25, -0.2) is 0 Å². The van der Waals surface area contributed by atoms with Crippen LogP contribution in [0.3, 0.4) is 0 Å². The van der Waals surface area contributed by atoms with Crippen LogP contribution < -0.4 is 5.32 Å². The van der Waals surface area contributed by atoms with Gasteiger partial charge in [0.2, 0.25) is 0 Å². The largest absolute Gasteiger partial charge is 0.310 e. The lowest BCUT2D eigenvalue weighted by Gasteiger charge is -2.19. The highest BCUT2D eigenvalue weighted by Gasteiger charge is 2.18. The van der Waals surface area contributed by atoms with E-state index in [2.05, 4.69) is 58.2 Å². The summed E-state index contributed by atoms with van der Waals surface area (Å²) in [6, 6.07) is 2.45. The van der Waals surface area contributed by atoms with Crippen molar-refractivity contribution in [1.29, 1.82) is 0 Å². The van der Waals surface area contributed by atoms with Crippen molar-refractivity contribution in [1.82, 2.24) is 20.1 Å². The van der Waals surface area contributed by atoms with Gasteiger partial charge in [0, 0.05) is 31.9 Å². The van der Waals surface area contributed by atoms with Crippen LogP contribution in [0.1, 0.15) is 42.4 Å². The molecule has 2 rings (SSSR count). The third kappa shape index (κ3) is 3.71. The maximum atomic E-state index is 4.58. The second-order valence-corrected chi connectivity index (χ2v) is 6.09. The summed E-state index contributed by atoms with van der Waals surface area (Å²) in [5.41, 5.74) is 4.75. The van der Waals surface area contributed by atoms with Crippen molar-refractivity contribution in [3.63, 3.8) is 0 Å². The van der Waals surface area contributed by atoms with Gasteiger partial charge in [0.05, 0.1) is 15.9 Å². The van der Waals surface area contributed by atoms with Crippen molar-refractivity contribution >= 4 is 15.9 Å². The average Bonchev–Trinajstić information content (AvgIpc) is 2.74. The SMILES string of the molecule is CCNC(Cc1c(Br)c(CC)nn1C)c1cncc(C)c1. The minimum atomic E-state index is 0.249. The van der Waals surface area contributed by atoms with E-state index in [1.165, 1.54) is 16.8 Å². The van der Waals surface area contributed by atoms with Gasteiger partial charge in [0.25, 0.3) is 0 Å². The second-order valence-electron chi connectivity index (χ2n) is 5.29. The van der Waals surface area contributed by atoms with Crippen molar-refractivity contribution in [3.05, 3.63) is 45.4 Å². The molecule has 1 N–H and O–H groups in total. The zero-order valence-corrected chi connectivity index (χ0v) is 14.7. The molecule has 0 radical (unpaired) electrons. The fourth-order valence-corrected chi connectivity index (χ4v) is 3.34. The predicted octanol–water partition coefficient (Wildman–Crippen LogP) is 3.34. The molecule has 0 bridgehead atoms. The lowest BCUT2D eigenvalue weighted by Crippen LogP contribution is -2.24. The Balaban J connectivity index is 2.30. The summed E-state index contributed by atoms with van der Waals surface area (Å²) in [5.74, 6) is 0. The molecule has 0 aliphatic heterocycles. The van der Waals surface area contributed by atoms with Gasteiger partial charge >= 0.3 is 0 Å². The Morgan fingerprint density at radius 2 is 2.10 bits per heavy atom. The van der Waals surface area contributed by atoms with E-state index in [0.717, 1.165) is 29.6 Å². The number of aryl methyl sites for hydroxylation is 3. The first-order valence-corrected chi connectivity index (χ1v) is 8.21. The zero-order chi connectivity index (χ0) is 15.4. The molecule has 2 aromatic heterocycles. The Morgan fingerprint density at radius 3 is 2.67 bits per heavy atom. The normalized spacial score (nSPS) is 12.6. The number of likely N-dealkylation sites (N-methyl/N-ethyl adjacent to an activating group) is 1. The molecule has 0 fully saturated rings. The van der Waals surface area contributed by atoms with E-state index in [9.17, 15) is 0 Å². The number of rotatable bonds is 6. The van der Waals surface area contributed by atoms with Crippen LogP contribution in [0.5, 0.6) is 0 Å². The van der Waals surface area contributed by atoms with Crippen LogP contribution in [-0.2, 0) is 19.9 Å². The number of hydrogen-bond acceptors (Lipinski definition) is 3. The topological polar surface area (TPSA) is 42.7 Å². The quantitative estimate of drug-likeness (QED) is 0.868. The Morgan fingerprint density at radius 1 is 1.33 bits per heavy atom. The molecule has 0 aliphatic rings. The zero-order valence-electron chi connectivity index (χ0n) is 13.2. The maximum Gasteiger partial charge on any atom is 0.0766 e. The molecule has 0 saturated heterocycles. The monoisotopic (exact) mass is 350 g/mol. The molecule has 5 heteroatoms. The Hall–Kier alpha value is -1.20. The van der Waals surface area contributed by atoms with Gasteiger partial charge in [-0.3, -0.25) is 9.67 Å². The average molecular weight is 351 g/mol. The van der Waals surface area contributed by atoms with Crippen LogP contribution in [0.4, 0.5) is 0 Å². The summed E-state index contributed by atoms with van der Waals surface area (Å²) >= 11 is 3.70. The van der Waals surface area contributed by atoms with Crippen LogP contribution >= 0.6 is 15.9 Å². The highest BCUT2D eigenvalue weighted by atomic mass is 79.9. The van der Waals surface area contributed by atoms with Crippen molar-refractivity contribution in [2.75, 3.05) is 6.54 Å². The molecular weight excluding hydrogens is 328 g/mol. The van der Waals surface area contributed by atoms with E-state index < -0.39 is 0 Å². The minimum absolute atomic E-state index is 0.249. The van der Waals surface area contributed by atoms with E-state index in [1.807, 2.05) is 24.1 Å². The summed E-state index contributed by atoms with van der Waals surface area (Å²) < 4.78 is 3.12. The molecule has 0 spiro atoms. The molecule has 0 saturated carbocycles. The Kier molecular flexibility index (Phi) is 5.53. The Bertz CT molecular complexity index is 606. The minimum Gasteiger partial charge on any atom is -0.310 e. The van der Waals surface area contributed by atoms with Gasteiger partial charge < -0.3 is 5.32 Å². The number of halogens is 1. The lowest BCUT2D eigenvalue weighted by atomic mass is 10.0. The van der Waals surface area contributed by atoms with Gasteiger partial charge in [-0.1, -0.05) is 19.9 Å². The smallest absolute Gasteiger partial charge is 0.0766 e. The van der Waals surface area contributed by atoms with Gasteiger partial charge in [0.15, 0.2) is 0 Å². The van der Waals surface area contributed by atoms with Crippen molar-refractivity contribution in [3.8, 4) is 0 Å². The summed E-state index contributed by atoms with van der Waals surface area (Å²) in [6.45, 7) is 7.26. The molecule has 2 aromatic rings.